The van der Waals surface area contributed by atoms with Crippen LogP contribution in [0.2, 0.25) is 0 Å². The van der Waals surface area contributed by atoms with Gasteiger partial charge in [-0.25, -0.2) is 8.78 Å². The van der Waals surface area contributed by atoms with E-state index in [1.165, 1.54) is 24.3 Å². The molecule has 0 aromatic heterocycles. The van der Waals surface area contributed by atoms with Crippen molar-refractivity contribution in [2.75, 3.05) is 0 Å². The first kappa shape index (κ1) is 13.7. The molecule has 0 aliphatic carbocycles. The van der Waals surface area contributed by atoms with E-state index in [9.17, 15) is 8.78 Å². The van der Waals surface area contributed by atoms with Crippen molar-refractivity contribution >= 4 is 23.0 Å². The molecule has 3 rings (SSSR count). The topological polar surface area (TPSA) is 24.1 Å². The molecule has 1 aliphatic heterocycles. The molecule has 0 saturated carbocycles. The fourth-order valence-electron chi connectivity index (χ4n) is 2.20. The summed E-state index contributed by atoms with van der Waals surface area (Å²) in [6.45, 7) is 0. The largest absolute Gasteiger partial charge is 0.352 e. The Bertz CT molecular complexity index is 693. The predicted molar refractivity (Wildman–Crippen MR) is 82.4 cm³/mol. The van der Waals surface area contributed by atoms with E-state index < -0.39 is 0 Å². The van der Waals surface area contributed by atoms with Gasteiger partial charge in [0.15, 0.2) is 5.11 Å². The van der Waals surface area contributed by atoms with Gasteiger partial charge in [0.05, 0.1) is 6.04 Å². The summed E-state index contributed by atoms with van der Waals surface area (Å²) in [5, 5.41) is 6.64. The molecule has 1 atom stereocenters. The second-order valence-electron chi connectivity index (χ2n) is 4.71. The van der Waals surface area contributed by atoms with Gasteiger partial charge in [-0.2, -0.15) is 0 Å². The third-order valence-corrected chi connectivity index (χ3v) is 3.47. The molecule has 0 fully saturated rings. The highest BCUT2D eigenvalue weighted by Gasteiger charge is 2.18. The Morgan fingerprint density at radius 2 is 1.43 bits per heavy atom. The van der Waals surface area contributed by atoms with Crippen LogP contribution in [-0.4, -0.2) is 5.11 Å². The van der Waals surface area contributed by atoms with Crippen molar-refractivity contribution < 1.29 is 8.78 Å². The average molecular weight is 302 g/mol. The molecule has 0 amide bonds. The molecule has 21 heavy (non-hydrogen) atoms. The van der Waals surface area contributed by atoms with Crippen LogP contribution >= 0.6 is 12.2 Å². The van der Waals surface area contributed by atoms with Gasteiger partial charge in [-0.3, -0.25) is 0 Å². The third-order valence-electron chi connectivity index (χ3n) is 3.25. The average Bonchev–Trinajstić information content (AvgIpc) is 2.48. The Hall–Kier alpha value is -2.27. The minimum atomic E-state index is -0.286. The van der Waals surface area contributed by atoms with Gasteiger partial charge in [-0.1, -0.05) is 12.1 Å². The van der Waals surface area contributed by atoms with Crippen LogP contribution in [0.4, 0.5) is 8.78 Å². The number of benzene rings is 2. The van der Waals surface area contributed by atoms with Gasteiger partial charge in [0.2, 0.25) is 0 Å². The number of halogens is 2. The highest BCUT2D eigenvalue weighted by Crippen LogP contribution is 2.23. The van der Waals surface area contributed by atoms with Crippen LogP contribution in [0.15, 0.2) is 54.6 Å². The van der Waals surface area contributed by atoms with E-state index in [-0.39, 0.29) is 17.7 Å². The monoisotopic (exact) mass is 302 g/mol. The first-order chi connectivity index (χ1) is 10.1. The number of thiocarbonyl (C=S) groups is 1. The van der Waals surface area contributed by atoms with Crippen LogP contribution in [0.1, 0.15) is 17.2 Å². The van der Waals surface area contributed by atoms with Gasteiger partial charge in [0.25, 0.3) is 0 Å². The van der Waals surface area contributed by atoms with Crippen molar-refractivity contribution in [1.82, 2.24) is 10.6 Å². The SMILES string of the molecule is Fc1ccc(C2=C[C@@H](c3ccc(F)cc3)NC(=S)N2)cc1. The Kier molecular flexibility index (Phi) is 3.66. The molecular formula is C16H12F2N2S. The van der Waals surface area contributed by atoms with Crippen molar-refractivity contribution in [3.8, 4) is 0 Å². The predicted octanol–water partition coefficient (Wildman–Crippen LogP) is 3.52. The fraction of sp³-hybridized carbons (Fsp3) is 0.0625. The zero-order chi connectivity index (χ0) is 14.8. The van der Waals surface area contributed by atoms with E-state index in [4.69, 9.17) is 12.2 Å². The molecule has 2 N–H and O–H groups in total. The van der Waals surface area contributed by atoms with E-state index in [0.717, 1.165) is 16.8 Å². The molecule has 1 heterocycles. The van der Waals surface area contributed by atoms with Crippen molar-refractivity contribution in [2.45, 2.75) is 6.04 Å². The van der Waals surface area contributed by atoms with Gasteiger partial charge in [0, 0.05) is 5.70 Å². The Balaban J connectivity index is 1.95. The van der Waals surface area contributed by atoms with Crippen LogP contribution in [-0.2, 0) is 0 Å². The van der Waals surface area contributed by atoms with Gasteiger partial charge in [0.1, 0.15) is 11.6 Å². The molecule has 2 nitrogen and oxygen atoms in total. The smallest absolute Gasteiger partial charge is 0.171 e. The number of hydrogen-bond donors (Lipinski definition) is 2. The highest BCUT2D eigenvalue weighted by molar-refractivity contribution is 7.80. The van der Waals surface area contributed by atoms with E-state index in [2.05, 4.69) is 10.6 Å². The summed E-state index contributed by atoms with van der Waals surface area (Å²) >= 11 is 5.20. The van der Waals surface area contributed by atoms with Crippen LogP contribution in [0.25, 0.3) is 5.70 Å². The van der Waals surface area contributed by atoms with Crippen LogP contribution in [0.5, 0.6) is 0 Å². The lowest BCUT2D eigenvalue weighted by Crippen LogP contribution is -2.40. The maximum atomic E-state index is 13.0. The first-order valence-electron chi connectivity index (χ1n) is 6.42. The maximum Gasteiger partial charge on any atom is 0.171 e. The molecule has 106 valence electrons. The Labute approximate surface area is 126 Å². The summed E-state index contributed by atoms with van der Waals surface area (Å²) in [7, 11) is 0. The van der Waals surface area contributed by atoms with Crippen molar-refractivity contribution in [3.63, 3.8) is 0 Å². The molecule has 0 unspecified atom stereocenters. The normalized spacial score (nSPS) is 17.7. The molecule has 5 heteroatoms. The lowest BCUT2D eigenvalue weighted by molar-refractivity contribution is 0.625. The van der Waals surface area contributed by atoms with E-state index in [0.29, 0.717) is 5.11 Å². The van der Waals surface area contributed by atoms with Crippen LogP contribution in [0, 0.1) is 11.6 Å². The standard InChI is InChI=1S/C16H12F2N2S/c17-12-5-1-10(2-6-12)14-9-15(20-16(21)19-14)11-3-7-13(18)8-4-11/h1-9,14H,(H2,19,20,21)/t14-/m0/s1. The third kappa shape index (κ3) is 3.08. The van der Waals surface area contributed by atoms with Crippen molar-refractivity contribution in [2.24, 2.45) is 0 Å². The minimum absolute atomic E-state index is 0.153. The summed E-state index contributed by atoms with van der Waals surface area (Å²) in [5.74, 6) is -0.566. The summed E-state index contributed by atoms with van der Waals surface area (Å²) in [4.78, 5) is 0. The minimum Gasteiger partial charge on any atom is -0.352 e. The molecule has 1 aliphatic rings. The summed E-state index contributed by atoms with van der Waals surface area (Å²) < 4.78 is 26.0. The van der Waals surface area contributed by atoms with Gasteiger partial charge in [-0.05, 0) is 65.8 Å². The fourth-order valence-corrected chi connectivity index (χ4v) is 2.43. The molecular weight excluding hydrogens is 290 g/mol. The van der Waals surface area contributed by atoms with Gasteiger partial charge >= 0.3 is 0 Å². The van der Waals surface area contributed by atoms with E-state index >= 15 is 0 Å². The Morgan fingerprint density at radius 3 is 2.05 bits per heavy atom. The quantitative estimate of drug-likeness (QED) is 0.830. The molecule has 0 radical (unpaired) electrons. The van der Waals surface area contributed by atoms with Crippen LogP contribution < -0.4 is 10.6 Å². The molecule has 2 aromatic rings. The second-order valence-corrected chi connectivity index (χ2v) is 5.12. The zero-order valence-corrected chi connectivity index (χ0v) is 11.8. The van der Waals surface area contributed by atoms with Crippen molar-refractivity contribution in [1.29, 1.82) is 0 Å². The molecule has 0 saturated heterocycles. The molecule has 0 spiro atoms. The summed E-state index contributed by atoms with van der Waals surface area (Å²) in [6.07, 6.45) is 1.94. The number of hydrogen-bond acceptors (Lipinski definition) is 1. The number of nitrogens with one attached hydrogen (secondary N) is 2. The highest BCUT2D eigenvalue weighted by atomic mass is 32.1. The zero-order valence-electron chi connectivity index (χ0n) is 10.9. The Morgan fingerprint density at radius 1 is 0.857 bits per heavy atom. The molecule has 2 aromatic carbocycles. The van der Waals surface area contributed by atoms with Gasteiger partial charge in [-0.15, -0.1) is 0 Å². The maximum absolute atomic E-state index is 13.0. The lowest BCUT2D eigenvalue weighted by Gasteiger charge is -2.26. The summed E-state index contributed by atoms with van der Waals surface area (Å²) in [5.41, 5.74) is 2.54. The van der Waals surface area contributed by atoms with Crippen LogP contribution in [0.3, 0.4) is 0 Å². The van der Waals surface area contributed by atoms with Crippen molar-refractivity contribution in [3.05, 3.63) is 77.4 Å². The lowest BCUT2D eigenvalue weighted by atomic mass is 10.0. The first-order valence-corrected chi connectivity index (χ1v) is 6.83. The van der Waals surface area contributed by atoms with E-state index in [1.54, 1.807) is 24.3 Å². The second kappa shape index (κ2) is 5.61. The molecule has 0 bridgehead atoms. The number of rotatable bonds is 2. The summed E-state index contributed by atoms with van der Waals surface area (Å²) in [6, 6.07) is 12.2. The van der Waals surface area contributed by atoms with E-state index in [1.807, 2.05) is 6.08 Å². The van der Waals surface area contributed by atoms with Gasteiger partial charge < -0.3 is 10.6 Å².